The summed E-state index contributed by atoms with van der Waals surface area (Å²) in [5.74, 6) is 2.92. The summed E-state index contributed by atoms with van der Waals surface area (Å²) in [6.45, 7) is 0. The van der Waals surface area contributed by atoms with E-state index < -0.39 is 0 Å². The molecule has 5 rings (SSSR count). The fourth-order valence-electron chi connectivity index (χ4n) is 5.29. The minimum absolute atomic E-state index is 0.325. The van der Waals surface area contributed by atoms with Crippen molar-refractivity contribution >= 4 is 0 Å². The predicted molar refractivity (Wildman–Crippen MR) is 138 cm³/mol. The molecule has 178 valence electrons. The molecule has 35 heavy (non-hydrogen) atoms. The molecule has 8 bridgehead atoms. The highest BCUT2D eigenvalue weighted by Gasteiger charge is 2.19. The van der Waals surface area contributed by atoms with Crippen molar-refractivity contribution in [3.63, 3.8) is 0 Å². The Bertz CT molecular complexity index is 1280. The van der Waals surface area contributed by atoms with Crippen LogP contribution in [0, 0.1) is 0 Å². The number of aromatic hydroxyl groups is 1. The molecule has 0 spiro atoms. The van der Waals surface area contributed by atoms with Gasteiger partial charge in [-0.05, 0) is 44.5 Å². The lowest BCUT2D eigenvalue weighted by Crippen LogP contribution is -2.05. The molecular weight excluding hydrogens is 436 g/mol. The van der Waals surface area contributed by atoms with E-state index in [4.69, 9.17) is 14.2 Å². The molecule has 0 amide bonds. The van der Waals surface area contributed by atoms with Gasteiger partial charge in [-0.2, -0.15) is 0 Å². The third-order valence-electron chi connectivity index (χ3n) is 6.87. The second-order valence-corrected chi connectivity index (χ2v) is 8.96. The number of phenolic OH excluding ortho intramolecular Hbond substituents is 1. The lowest BCUT2D eigenvalue weighted by Gasteiger charge is -2.20. The van der Waals surface area contributed by atoms with Crippen molar-refractivity contribution in [1.29, 1.82) is 0 Å². The number of fused-ring (bicyclic) bond motifs is 8. The zero-order chi connectivity index (χ0) is 24.4. The molecule has 4 aromatic rings. The fraction of sp³-hybridized carbons (Fsp3) is 0.226. The SMILES string of the molecule is COc1c2cccc1Cc1cccc(c1OC)Cc1cccc(c1OC)Cc1cccc(c1O)C2. The fourth-order valence-corrected chi connectivity index (χ4v) is 5.29. The average Bonchev–Trinajstić information content (AvgIpc) is 2.86. The van der Waals surface area contributed by atoms with E-state index in [-0.39, 0.29) is 0 Å². The van der Waals surface area contributed by atoms with Crippen LogP contribution in [0.3, 0.4) is 0 Å². The summed E-state index contributed by atoms with van der Waals surface area (Å²) in [6, 6.07) is 24.7. The predicted octanol–water partition coefficient (Wildman–Crippen LogP) is 6.09. The molecule has 1 aliphatic rings. The molecule has 1 aliphatic carbocycles. The van der Waals surface area contributed by atoms with Gasteiger partial charge < -0.3 is 19.3 Å². The van der Waals surface area contributed by atoms with Gasteiger partial charge in [-0.1, -0.05) is 72.8 Å². The van der Waals surface area contributed by atoms with Crippen LogP contribution in [0.1, 0.15) is 44.5 Å². The molecule has 0 fully saturated rings. The van der Waals surface area contributed by atoms with Gasteiger partial charge in [0, 0.05) is 25.7 Å². The summed E-state index contributed by atoms with van der Waals surface area (Å²) in [5, 5.41) is 11.2. The van der Waals surface area contributed by atoms with Crippen LogP contribution in [0.5, 0.6) is 23.0 Å². The molecule has 4 heteroatoms. The first-order valence-electron chi connectivity index (χ1n) is 11.9. The van der Waals surface area contributed by atoms with E-state index in [9.17, 15) is 5.11 Å². The molecule has 0 unspecified atom stereocenters. The molecule has 4 aromatic carbocycles. The van der Waals surface area contributed by atoms with Crippen LogP contribution in [-0.4, -0.2) is 26.4 Å². The summed E-state index contributed by atoms with van der Waals surface area (Å²) in [4.78, 5) is 0. The van der Waals surface area contributed by atoms with Gasteiger partial charge in [0.25, 0.3) is 0 Å². The van der Waals surface area contributed by atoms with Gasteiger partial charge in [0.15, 0.2) is 0 Å². The van der Waals surface area contributed by atoms with Gasteiger partial charge >= 0.3 is 0 Å². The van der Waals surface area contributed by atoms with Gasteiger partial charge in [-0.25, -0.2) is 0 Å². The monoisotopic (exact) mass is 466 g/mol. The normalized spacial score (nSPS) is 12.7. The highest BCUT2D eigenvalue weighted by atomic mass is 16.5. The van der Waals surface area contributed by atoms with Crippen LogP contribution in [-0.2, 0) is 25.7 Å². The highest BCUT2D eigenvalue weighted by molar-refractivity contribution is 5.55. The maximum absolute atomic E-state index is 11.2. The van der Waals surface area contributed by atoms with E-state index in [0.717, 1.165) is 61.8 Å². The second-order valence-electron chi connectivity index (χ2n) is 8.96. The zero-order valence-corrected chi connectivity index (χ0v) is 20.4. The standard InChI is InChI=1S/C31H30O4/c1-33-29-22-10-5-12-24(29)18-26-14-7-15-27(31(26)35-3)19-25-13-6-11-23(30(25)34-2)17-21-9-4-8-20(16-22)28(21)32/h4-15,32H,16-19H2,1-3H3. The van der Waals surface area contributed by atoms with Crippen molar-refractivity contribution < 1.29 is 19.3 Å². The minimum atomic E-state index is 0.325. The quantitative estimate of drug-likeness (QED) is 0.349. The van der Waals surface area contributed by atoms with Crippen molar-refractivity contribution in [2.24, 2.45) is 0 Å². The Morgan fingerprint density at radius 1 is 0.429 bits per heavy atom. The van der Waals surface area contributed by atoms with Crippen molar-refractivity contribution in [2.45, 2.75) is 25.7 Å². The van der Waals surface area contributed by atoms with Gasteiger partial charge in [-0.3, -0.25) is 0 Å². The largest absolute Gasteiger partial charge is 0.507 e. The Kier molecular flexibility index (Phi) is 6.37. The number of hydrogen-bond acceptors (Lipinski definition) is 4. The van der Waals surface area contributed by atoms with Gasteiger partial charge in [-0.15, -0.1) is 0 Å². The van der Waals surface area contributed by atoms with Crippen LogP contribution in [0.25, 0.3) is 0 Å². The molecule has 0 radical (unpaired) electrons. The van der Waals surface area contributed by atoms with Crippen molar-refractivity contribution in [1.82, 2.24) is 0 Å². The molecule has 1 N–H and O–H groups in total. The number of rotatable bonds is 3. The maximum atomic E-state index is 11.2. The van der Waals surface area contributed by atoms with E-state index in [0.29, 0.717) is 31.4 Å². The lowest BCUT2D eigenvalue weighted by atomic mass is 9.91. The third-order valence-corrected chi connectivity index (χ3v) is 6.87. The summed E-state index contributed by atoms with van der Waals surface area (Å²) < 4.78 is 17.8. The van der Waals surface area contributed by atoms with Crippen LogP contribution >= 0.6 is 0 Å². The Labute approximate surface area is 206 Å². The number of phenols is 1. The minimum Gasteiger partial charge on any atom is -0.507 e. The topological polar surface area (TPSA) is 47.9 Å². The third kappa shape index (κ3) is 4.32. The Morgan fingerprint density at radius 3 is 0.914 bits per heavy atom. The number of para-hydroxylation sites is 4. The number of benzene rings is 4. The molecule has 0 heterocycles. The van der Waals surface area contributed by atoms with Crippen molar-refractivity contribution in [3.8, 4) is 23.0 Å². The number of hydrogen-bond donors (Lipinski definition) is 1. The summed E-state index contributed by atoms with van der Waals surface area (Å²) in [6.07, 6.45) is 2.50. The maximum Gasteiger partial charge on any atom is 0.125 e. The van der Waals surface area contributed by atoms with Crippen LogP contribution in [0.2, 0.25) is 0 Å². The molecule has 0 aromatic heterocycles. The first-order chi connectivity index (χ1) is 17.1. The van der Waals surface area contributed by atoms with E-state index in [1.165, 1.54) is 0 Å². The molecule has 0 atom stereocenters. The summed E-state index contributed by atoms with van der Waals surface area (Å²) >= 11 is 0. The molecular formula is C31H30O4. The Balaban J connectivity index is 1.75. The van der Waals surface area contributed by atoms with E-state index >= 15 is 0 Å². The highest BCUT2D eigenvalue weighted by Crippen LogP contribution is 2.37. The first kappa shape index (κ1) is 22.9. The average molecular weight is 467 g/mol. The Hall–Kier alpha value is -3.92. The van der Waals surface area contributed by atoms with Gasteiger partial charge in [0.2, 0.25) is 0 Å². The molecule has 0 aliphatic heterocycles. The molecule has 0 saturated heterocycles. The van der Waals surface area contributed by atoms with Crippen LogP contribution < -0.4 is 14.2 Å². The van der Waals surface area contributed by atoms with Crippen molar-refractivity contribution in [3.05, 3.63) is 117 Å². The van der Waals surface area contributed by atoms with E-state index in [1.54, 1.807) is 21.3 Å². The van der Waals surface area contributed by atoms with Crippen LogP contribution in [0.4, 0.5) is 0 Å². The smallest absolute Gasteiger partial charge is 0.125 e. The Morgan fingerprint density at radius 2 is 0.657 bits per heavy atom. The van der Waals surface area contributed by atoms with Crippen molar-refractivity contribution in [2.75, 3.05) is 21.3 Å². The van der Waals surface area contributed by atoms with Crippen LogP contribution in [0.15, 0.2) is 72.8 Å². The van der Waals surface area contributed by atoms with E-state index in [1.807, 2.05) is 18.2 Å². The van der Waals surface area contributed by atoms with Gasteiger partial charge in [0.05, 0.1) is 21.3 Å². The molecule has 0 saturated carbocycles. The lowest BCUT2D eigenvalue weighted by molar-refractivity contribution is 0.398. The second kappa shape index (κ2) is 9.75. The number of methoxy groups -OCH3 is 3. The molecule has 4 nitrogen and oxygen atoms in total. The first-order valence-corrected chi connectivity index (χ1v) is 11.9. The van der Waals surface area contributed by atoms with E-state index in [2.05, 4.69) is 54.6 Å². The van der Waals surface area contributed by atoms with Gasteiger partial charge in [0.1, 0.15) is 23.0 Å². The summed E-state index contributed by atoms with van der Waals surface area (Å²) in [5.41, 5.74) is 8.21. The summed E-state index contributed by atoms with van der Waals surface area (Å²) in [7, 11) is 5.16. The number of ether oxygens (including phenoxy) is 3. The zero-order valence-electron chi connectivity index (χ0n) is 20.4.